The third kappa shape index (κ3) is 1.98. The molecule has 2 aromatic rings. The number of aromatic nitrogens is 3. The Morgan fingerprint density at radius 2 is 2.06 bits per heavy atom. The van der Waals surface area contributed by atoms with E-state index in [1.807, 2.05) is 0 Å². The second-order valence-corrected chi connectivity index (χ2v) is 4.51. The topological polar surface area (TPSA) is 47.8 Å². The molecule has 0 amide bonds. The van der Waals surface area contributed by atoms with Gasteiger partial charge in [0.2, 0.25) is 0 Å². The zero-order valence-corrected chi connectivity index (χ0v) is 10.8. The summed E-state index contributed by atoms with van der Waals surface area (Å²) in [7, 11) is 0. The maximum absolute atomic E-state index is 10.5. The second kappa shape index (κ2) is 4.53. The Morgan fingerprint density at radius 1 is 1.31 bits per heavy atom. The monoisotopic (exact) mass is 319 g/mol. The van der Waals surface area contributed by atoms with Crippen molar-refractivity contribution in [2.24, 2.45) is 0 Å². The van der Waals surface area contributed by atoms with Gasteiger partial charge < -0.3 is 0 Å². The van der Waals surface area contributed by atoms with Crippen LogP contribution in [0.25, 0.3) is 5.69 Å². The summed E-state index contributed by atoms with van der Waals surface area (Å²) in [6, 6.07) is 3.47. The standard InChI is InChI=1S/C9H4BrCl2N3O/c10-6-1-2-7(9(12)8(6)11)15-3-5(4-16)13-14-15/h1-4H. The molecule has 1 aromatic carbocycles. The Labute approximate surface area is 109 Å². The molecule has 82 valence electrons. The van der Waals surface area contributed by atoms with E-state index in [2.05, 4.69) is 26.2 Å². The Morgan fingerprint density at radius 3 is 2.69 bits per heavy atom. The van der Waals surface area contributed by atoms with Crippen LogP contribution in [0.1, 0.15) is 10.5 Å². The van der Waals surface area contributed by atoms with Crippen molar-refractivity contribution in [3.8, 4) is 5.69 Å². The highest BCUT2D eigenvalue weighted by Gasteiger charge is 2.11. The molecule has 7 heteroatoms. The summed E-state index contributed by atoms with van der Waals surface area (Å²) in [5, 5.41) is 8.14. The molecule has 0 aliphatic rings. The van der Waals surface area contributed by atoms with Gasteiger partial charge in [0.1, 0.15) is 5.69 Å². The van der Waals surface area contributed by atoms with Crippen molar-refractivity contribution in [2.45, 2.75) is 0 Å². The number of carbonyl (C=O) groups is 1. The second-order valence-electron chi connectivity index (χ2n) is 2.90. The number of carbonyl (C=O) groups excluding carboxylic acids is 1. The van der Waals surface area contributed by atoms with Crippen LogP contribution in [0, 0.1) is 0 Å². The zero-order valence-electron chi connectivity index (χ0n) is 7.69. The van der Waals surface area contributed by atoms with E-state index in [-0.39, 0.29) is 5.69 Å². The Kier molecular flexibility index (Phi) is 3.28. The molecule has 0 aliphatic heterocycles. The molecule has 0 aliphatic carbocycles. The van der Waals surface area contributed by atoms with Gasteiger partial charge in [0.15, 0.2) is 6.29 Å². The molecule has 1 heterocycles. The molecule has 1 aromatic heterocycles. The number of nitrogens with zero attached hydrogens (tertiary/aromatic N) is 3. The summed E-state index contributed by atoms with van der Waals surface area (Å²) in [6.45, 7) is 0. The van der Waals surface area contributed by atoms with Crippen LogP contribution in [0.3, 0.4) is 0 Å². The SMILES string of the molecule is O=Cc1cn(-c2ccc(Br)c(Cl)c2Cl)nn1. The van der Waals surface area contributed by atoms with E-state index in [1.165, 1.54) is 10.9 Å². The van der Waals surface area contributed by atoms with Crippen LogP contribution in [0.2, 0.25) is 10.0 Å². The molecule has 0 N–H and O–H groups in total. The molecule has 4 nitrogen and oxygen atoms in total. The number of rotatable bonds is 2. The highest BCUT2D eigenvalue weighted by Crippen LogP contribution is 2.34. The lowest BCUT2D eigenvalue weighted by atomic mass is 10.3. The fourth-order valence-electron chi connectivity index (χ4n) is 1.14. The molecule has 0 unspecified atom stereocenters. The van der Waals surface area contributed by atoms with Crippen molar-refractivity contribution in [1.29, 1.82) is 0 Å². The van der Waals surface area contributed by atoms with Crippen molar-refractivity contribution in [3.63, 3.8) is 0 Å². The first kappa shape index (κ1) is 11.6. The van der Waals surface area contributed by atoms with Gasteiger partial charge in [0.05, 0.1) is 21.9 Å². The third-order valence-corrected chi connectivity index (χ3v) is 3.65. The maximum Gasteiger partial charge on any atom is 0.171 e. The van der Waals surface area contributed by atoms with Crippen molar-refractivity contribution >= 4 is 45.4 Å². The average molecular weight is 321 g/mol. The highest BCUT2D eigenvalue weighted by molar-refractivity contribution is 9.10. The molecule has 2 rings (SSSR count). The molecular weight excluding hydrogens is 317 g/mol. The first-order valence-corrected chi connectivity index (χ1v) is 5.70. The lowest BCUT2D eigenvalue weighted by Gasteiger charge is -2.05. The minimum absolute atomic E-state index is 0.232. The van der Waals surface area contributed by atoms with E-state index >= 15 is 0 Å². The summed E-state index contributed by atoms with van der Waals surface area (Å²) in [5.74, 6) is 0. The van der Waals surface area contributed by atoms with Gasteiger partial charge in [-0.1, -0.05) is 28.4 Å². The minimum atomic E-state index is 0.232. The first-order chi connectivity index (χ1) is 7.63. The van der Waals surface area contributed by atoms with E-state index < -0.39 is 0 Å². The predicted octanol–water partition coefficient (Wildman–Crippen LogP) is 3.15. The third-order valence-electron chi connectivity index (χ3n) is 1.89. The van der Waals surface area contributed by atoms with Crippen LogP contribution >= 0.6 is 39.1 Å². The van der Waals surface area contributed by atoms with Crippen LogP contribution in [-0.4, -0.2) is 21.3 Å². The zero-order chi connectivity index (χ0) is 11.7. The number of hydrogen-bond acceptors (Lipinski definition) is 3. The van der Waals surface area contributed by atoms with Crippen molar-refractivity contribution in [2.75, 3.05) is 0 Å². The molecule has 0 radical (unpaired) electrons. The van der Waals surface area contributed by atoms with Gasteiger partial charge in [-0.3, -0.25) is 4.79 Å². The fourth-order valence-corrected chi connectivity index (χ4v) is 2.00. The fraction of sp³-hybridized carbons (Fsp3) is 0. The number of hydrogen-bond donors (Lipinski definition) is 0. The van der Waals surface area contributed by atoms with E-state index in [1.54, 1.807) is 12.1 Å². The van der Waals surface area contributed by atoms with E-state index in [0.717, 1.165) is 0 Å². The van der Waals surface area contributed by atoms with Crippen LogP contribution in [0.4, 0.5) is 0 Å². The number of benzene rings is 1. The van der Waals surface area contributed by atoms with Gasteiger partial charge in [0.25, 0.3) is 0 Å². The first-order valence-electron chi connectivity index (χ1n) is 4.15. The number of halogens is 3. The Hall–Kier alpha value is -0.910. The van der Waals surface area contributed by atoms with Crippen LogP contribution in [-0.2, 0) is 0 Å². The highest BCUT2D eigenvalue weighted by atomic mass is 79.9. The van der Waals surface area contributed by atoms with Crippen molar-refractivity contribution in [1.82, 2.24) is 15.0 Å². The van der Waals surface area contributed by atoms with E-state index in [4.69, 9.17) is 23.2 Å². The van der Waals surface area contributed by atoms with Gasteiger partial charge in [-0.15, -0.1) is 5.10 Å². The maximum atomic E-state index is 10.5. The quantitative estimate of drug-likeness (QED) is 0.631. The lowest BCUT2D eigenvalue weighted by molar-refractivity contribution is 0.111. The van der Waals surface area contributed by atoms with Gasteiger partial charge in [-0.2, -0.15) is 0 Å². The molecular formula is C9H4BrCl2N3O. The molecule has 0 atom stereocenters. The van der Waals surface area contributed by atoms with Crippen LogP contribution < -0.4 is 0 Å². The summed E-state index contributed by atoms with van der Waals surface area (Å²) in [4.78, 5) is 10.5. The molecule has 16 heavy (non-hydrogen) atoms. The van der Waals surface area contributed by atoms with Crippen LogP contribution in [0.5, 0.6) is 0 Å². The van der Waals surface area contributed by atoms with Gasteiger partial charge >= 0.3 is 0 Å². The van der Waals surface area contributed by atoms with Crippen molar-refractivity contribution in [3.05, 3.63) is 38.5 Å². The van der Waals surface area contributed by atoms with Gasteiger partial charge in [-0.25, -0.2) is 4.68 Å². The summed E-state index contributed by atoms with van der Waals surface area (Å²) >= 11 is 15.3. The molecule has 0 spiro atoms. The van der Waals surface area contributed by atoms with Gasteiger partial charge in [0, 0.05) is 4.47 Å². The van der Waals surface area contributed by atoms with E-state index in [0.29, 0.717) is 26.5 Å². The smallest absolute Gasteiger partial charge is 0.171 e. The average Bonchev–Trinajstić information content (AvgIpc) is 2.74. The molecule has 0 saturated carbocycles. The van der Waals surface area contributed by atoms with Gasteiger partial charge in [-0.05, 0) is 28.1 Å². The summed E-state index contributed by atoms with van der Waals surface area (Å²) in [6.07, 6.45) is 2.08. The van der Waals surface area contributed by atoms with Crippen LogP contribution in [0.15, 0.2) is 22.8 Å². The number of aldehydes is 1. The van der Waals surface area contributed by atoms with Crippen molar-refractivity contribution < 1.29 is 4.79 Å². The minimum Gasteiger partial charge on any atom is -0.296 e. The lowest BCUT2D eigenvalue weighted by Crippen LogP contribution is -1.96. The molecule has 0 saturated heterocycles. The normalized spacial score (nSPS) is 10.4. The predicted molar refractivity (Wildman–Crippen MR) is 64.5 cm³/mol. The molecule has 0 bridgehead atoms. The molecule has 0 fully saturated rings. The Balaban J connectivity index is 2.56. The largest absolute Gasteiger partial charge is 0.296 e. The Bertz CT molecular complexity index is 556. The summed E-state index contributed by atoms with van der Waals surface area (Å²) < 4.78 is 2.09. The summed E-state index contributed by atoms with van der Waals surface area (Å²) in [5.41, 5.74) is 0.797. The van der Waals surface area contributed by atoms with E-state index in [9.17, 15) is 4.79 Å².